The highest BCUT2D eigenvalue weighted by Crippen LogP contribution is 2.29. The standard InChI is InChI=1S/C17H20N2O5S/c1-23-15-9-8-14(12-16(15)24-2)25(21,22)11-10-18-17(20)19-13-6-4-3-5-7-13/h3-9,12H,10-11H2,1-2H3,(H2,18,19,20). The van der Waals surface area contributed by atoms with Crippen LogP contribution in [0.3, 0.4) is 0 Å². The number of carbonyl (C=O) groups is 1. The van der Waals surface area contributed by atoms with E-state index >= 15 is 0 Å². The molecular formula is C17H20N2O5S. The summed E-state index contributed by atoms with van der Waals surface area (Å²) in [6, 6.07) is 12.8. The van der Waals surface area contributed by atoms with Crippen molar-refractivity contribution < 1.29 is 22.7 Å². The molecule has 0 aliphatic carbocycles. The van der Waals surface area contributed by atoms with Gasteiger partial charge in [0.25, 0.3) is 0 Å². The van der Waals surface area contributed by atoms with Gasteiger partial charge >= 0.3 is 6.03 Å². The fraction of sp³-hybridized carbons (Fsp3) is 0.235. The van der Waals surface area contributed by atoms with Crippen LogP contribution in [0.4, 0.5) is 10.5 Å². The lowest BCUT2D eigenvalue weighted by atomic mass is 10.3. The summed E-state index contributed by atoms with van der Waals surface area (Å²) in [6.45, 7) is -0.0185. The minimum atomic E-state index is -3.56. The molecule has 0 aliphatic rings. The van der Waals surface area contributed by atoms with E-state index in [4.69, 9.17) is 9.47 Å². The Balaban J connectivity index is 1.94. The summed E-state index contributed by atoms with van der Waals surface area (Å²) in [5, 5.41) is 5.14. The first-order valence-corrected chi connectivity index (χ1v) is 9.16. The highest BCUT2D eigenvalue weighted by atomic mass is 32.2. The number of sulfone groups is 1. The molecule has 2 rings (SSSR count). The van der Waals surface area contributed by atoms with Crippen LogP contribution < -0.4 is 20.1 Å². The van der Waals surface area contributed by atoms with Crippen molar-refractivity contribution >= 4 is 21.6 Å². The van der Waals surface area contributed by atoms with Gasteiger partial charge in [-0.1, -0.05) is 18.2 Å². The molecule has 0 atom stereocenters. The van der Waals surface area contributed by atoms with Crippen molar-refractivity contribution in [2.75, 3.05) is 31.8 Å². The molecule has 0 fully saturated rings. The number of hydrogen-bond donors (Lipinski definition) is 2. The van der Waals surface area contributed by atoms with Gasteiger partial charge in [0.15, 0.2) is 21.3 Å². The Hall–Kier alpha value is -2.74. The molecule has 0 spiro atoms. The highest BCUT2D eigenvalue weighted by Gasteiger charge is 2.17. The van der Waals surface area contributed by atoms with Crippen molar-refractivity contribution in [1.29, 1.82) is 0 Å². The monoisotopic (exact) mass is 364 g/mol. The topological polar surface area (TPSA) is 93.7 Å². The Bertz CT molecular complexity index is 822. The van der Waals surface area contributed by atoms with Crippen molar-refractivity contribution in [2.45, 2.75) is 4.90 Å². The summed E-state index contributed by atoms with van der Waals surface area (Å²) in [5.41, 5.74) is 0.628. The third kappa shape index (κ3) is 5.12. The fourth-order valence-corrected chi connectivity index (χ4v) is 3.29. The van der Waals surface area contributed by atoms with E-state index in [1.54, 1.807) is 24.3 Å². The Morgan fingerprint density at radius 3 is 2.32 bits per heavy atom. The van der Waals surface area contributed by atoms with Crippen molar-refractivity contribution in [2.24, 2.45) is 0 Å². The Kier molecular flexibility index (Phi) is 6.24. The second-order valence-electron chi connectivity index (χ2n) is 5.08. The third-order valence-electron chi connectivity index (χ3n) is 3.40. The quantitative estimate of drug-likeness (QED) is 0.786. The lowest BCUT2D eigenvalue weighted by molar-refractivity contribution is 0.252. The summed E-state index contributed by atoms with van der Waals surface area (Å²) in [6.07, 6.45) is 0. The Labute approximate surface area is 146 Å². The van der Waals surface area contributed by atoms with Gasteiger partial charge in [0.05, 0.1) is 24.9 Å². The van der Waals surface area contributed by atoms with Gasteiger partial charge in [0.1, 0.15) is 0 Å². The molecular weight excluding hydrogens is 344 g/mol. The van der Waals surface area contributed by atoms with E-state index in [-0.39, 0.29) is 17.2 Å². The lowest BCUT2D eigenvalue weighted by Crippen LogP contribution is -2.32. The van der Waals surface area contributed by atoms with Crippen molar-refractivity contribution in [3.05, 3.63) is 48.5 Å². The number of methoxy groups -OCH3 is 2. The average molecular weight is 364 g/mol. The van der Waals surface area contributed by atoms with Crippen LogP contribution in [0.15, 0.2) is 53.4 Å². The van der Waals surface area contributed by atoms with E-state index in [0.29, 0.717) is 17.2 Å². The molecule has 2 aromatic rings. The molecule has 0 bridgehead atoms. The molecule has 2 amide bonds. The maximum absolute atomic E-state index is 12.4. The number of benzene rings is 2. The van der Waals surface area contributed by atoms with Gasteiger partial charge in [0, 0.05) is 18.3 Å². The van der Waals surface area contributed by atoms with Crippen LogP contribution in [0.25, 0.3) is 0 Å². The number of para-hydroxylation sites is 1. The first kappa shape index (κ1) is 18.6. The predicted octanol–water partition coefficient (Wildman–Crippen LogP) is 2.30. The second kappa shape index (κ2) is 8.39. The number of rotatable bonds is 7. The Morgan fingerprint density at radius 2 is 1.68 bits per heavy atom. The summed E-state index contributed by atoms with van der Waals surface area (Å²) in [7, 11) is -0.657. The SMILES string of the molecule is COc1ccc(S(=O)(=O)CCNC(=O)Nc2ccccc2)cc1OC. The zero-order chi connectivity index (χ0) is 18.3. The average Bonchev–Trinajstić information content (AvgIpc) is 2.61. The van der Waals surface area contributed by atoms with E-state index in [1.807, 2.05) is 6.07 Å². The minimum absolute atomic E-state index is 0.0185. The van der Waals surface area contributed by atoms with Crippen molar-refractivity contribution in [3.8, 4) is 11.5 Å². The zero-order valence-electron chi connectivity index (χ0n) is 14.0. The maximum Gasteiger partial charge on any atom is 0.319 e. The molecule has 8 heteroatoms. The molecule has 7 nitrogen and oxygen atoms in total. The van der Waals surface area contributed by atoms with Crippen molar-refractivity contribution in [3.63, 3.8) is 0 Å². The Morgan fingerprint density at radius 1 is 1.00 bits per heavy atom. The molecule has 0 aromatic heterocycles. The van der Waals surface area contributed by atoms with Crippen LogP contribution in [0.2, 0.25) is 0 Å². The molecule has 2 N–H and O–H groups in total. The molecule has 0 radical (unpaired) electrons. The summed E-state index contributed by atoms with van der Waals surface area (Å²) in [5.74, 6) is 0.546. The van der Waals surface area contributed by atoms with E-state index < -0.39 is 15.9 Å². The van der Waals surface area contributed by atoms with Crippen LogP contribution in [0.5, 0.6) is 11.5 Å². The zero-order valence-corrected chi connectivity index (χ0v) is 14.8. The fourth-order valence-electron chi connectivity index (χ4n) is 2.12. The van der Waals surface area contributed by atoms with Gasteiger partial charge in [-0.15, -0.1) is 0 Å². The van der Waals surface area contributed by atoms with Gasteiger partial charge < -0.3 is 20.1 Å². The number of hydrogen-bond acceptors (Lipinski definition) is 5. The maximum atomic E-state index is 12.4. The molecule has 0 unspecified atom stereocenters. The van der Waals surface area contributed by atoms with Crippen molar-refractivity contribution in [1.82, 2.24) is 5.32 Å². The normalized spacial score (nSPS) is 10.8. The second-order valence-corrected chi connectivity index (χ2v) is 7.19. The van der Waals surface area contributed by atoms with E-state index in [2.05, 4.69) is 10.6 Å². The molecule has 0 aliphatic heterocycles. The van der Waals surface area contributed by atoms with E-state index in [9.17, 15) is 13.2 Å². The number of nitrogens with one attached hydrogen (secondary N) is 2. The number of carbonyl (C=O) groups excluding carboxylic acids is 1. The van der Waals surface area contributed by atoms with Crippen LogP contribution in [-0.2, 0) is 9.84 Å². The largest absolute Gasteiger partial charge is 0.493 e. The molecule has 0 saturated carbocycles. The third-order valence-corrected chi connectivity index (χ3v) is 5.12. The van der Waals surface area contributed by atoms with Gasteiger partial charge in [0.2, 0.25) is 0 Å². The number of ether oxygens (including phenoxy) is 2. The van der Waals surface area contributed by atoms with Gasteiger partial charge in [-0.05, 0) is 24.3 Å². The van der Waals surface area contributed by atoms with Gasteiger partial charge in [-0.2, -0.15) is 0 Å². The molecule has 0 heterocycles. The number of anilines is 1. The van der Waals surface area contributed by atoms with Gasteiger partial charge in [-0.25, -0.2) is 13.2 Å². The van der Waals surface area contributed by atoms with Gasteiger partial charge in [-0.3, -0.25) is 0 Å². The lowest BCUT2D eigenvalue weighted by Gasteiger charge is -2.11. The number of amides is 2. The van der Waals surface area contributed by atoms with Crippen LogP contribution >= 0.6 is 0 Å². The first-order valence-electron chi connectivity index (χ1n) is 7.51. The molecule has 25 heavy (non-hydrogen) atoms. The van der Waals surface area contributed by atoms with Crippen LogP contribution in [0.1, 0.15) is 0 Å². The first-order chi connectivity index (χ1) is 12.0. The van der Waals surface area contributed by atoms with Crippen LogP contribution in [-0.4, -0.2) is 41.0 Å². The molecule has 2 aromatic carbocycles. The highest BCUT2D eigenvalue weighted by molar-refractivity contribution is 7.91. The number of urea groups is 1. The van der Waals surface area contributed by atoms with Crippen LogP contribution in [0, 0.1) is 0 Å². The summed E-state index contributed by atoms with van der Waals surface area (Å²) < 4.78 is 34.9. The summed E-state index contributed by atoms with van der Waals surface area (Å²) >= 11 is 0. The van der Waals surface area contributed by atoms with E-state index in [0.717, 1.165) is 0 Å². The summed E-state index contributed by atoms with van der Waals surface area (Å²) in [4.78, 5) is 11.9. The smallest absolute Gasteiger partial charge is 0.319 e. The predicted molar refractivity (Wildman–Crippen MR) is 95.1 cm³/mol. The van der Waals surface area contributed by atoms with E-state index in [1.165, 1.54) is 32.4 Å². The minimum Gasteiger partial charge on any atom is -0.493 e. The molecule has 0 saturated heterocycles. The molecule has 134 valence electrons.